The van der Waals surface area contributed by atoms with Gasteiger partial charge in [0.2, 0.25) is 5.28 Å². The van der Waals surface area contributed by atoms with E-state index in [1.807, 2.05) is 24.3 Å². The van der Waals surface area contributed by atoms with Gasteiger partial charge >= 0.3 is 0 Å². The van der Waals surface area contributed by atoms with Crippen LogP contribution in [0.3, 0.4) is 0 Å². The number of hydrogen-bond acceptors (Lipinski definition) is 4. The predicted molar refractivity (Wildman–Crippen MR) is 66.1 cm³/mol. The fourth-order valence-electron chi connectivity index (χ4n) is 1.68. The van der Waals surface area contributed by atoms with Crippen LogP contribution in [0.15, 0.2) is 36.8 Å². The number of fused-ring (bicyclic) bond motifs is 1. The number of imidazole rings is 1. The minimum absolute atomic E-state index is 0.159. The van der Waals surface area contributed by atoms with Gasteiger partial charge in [0.1, 0.15) is 6.33 Å². The molecule has 0 aliphatic rings. The van der Waals surface area contributed by atoms with Crippen LogP contribution in [0.25, 0.3) is 16.9 Å². The summed E-state index contributed by atoms with van der Waals surface area (Å²) in [5.41, 5.74) is 8.10. The summed E-state index contributed by atoms with van der Waals surface area (Å²) in [6.45, 7) is 0. The molecule has 0 saturated heterocycles. The molecular weight excluding hydrogens is 238 g/mol. The van der Waals surface area contributed by atoms with Crippen molar-refractivity contribution in [2.24, 2.45) is 0 Å². The molecule has 0 fully saturated rings. The number of nitrogens with zero attached hydrogens (tertiary/aromatic N) is 4. The lowest BCUT2D eigenvalue weighted by Gasteiger charge is -2.06. The molecule has 17 heavy (non-hydrogen) atoms. The minimum Gasteiger partial charge on any atom is -0.394 e. The average molecular weight is 246 g/mol. The number of rotatable bonds is 1. The molecular formula is C11H8ClN5. The van der Waals surface area contributed by atoms with Gasteiger partial charge in [-0.2, -0.15) is 4.98 Å². The highest BCUT2D eigenvalue weighted by Gasteiger charge is 2.09. The molecule has 1 aromatic carbocycles. The maximum absolute atomic E-state index is 5.84. The van der Waals surface area contributed by atoms with E-state index in [0.717, 1.165) is 11.0 Å². The Kier molecular flexibility index (Phi) is 2.19. The molecule has 0 unspecified atom stereocenters. The molecule has 3 aromatic rings. The lowest BCUT2D eigenvalue weighted by atomic mass is 10.3. The molecule has 3 rings (SSSR count). The molecule has 6 heteroatoms. The molecule has 5 nitrogen and oxygen atoms in total. The molecule has 0 spiro atoms. The summed E-state index contributed by atoms with van der Waals surface area (Å²) in [5.74, 6) is 0.540. The van der Waals surface area contributed by atoms with Crippen molar-refractivity contribution in [2.45, 2.75) is 0 Å². The van der Waals surface area contributed by atoms with Crippen molar-refractivity contribution < 1.29 is 0 Å². The van der Waals surface area contributed by atoms with E-state index in [0.29, 0.717) is 11.5 Å². The summed E-state index contributed by atoms with van der Waals surface area (Å²) in [5, 5.41) is 0.159. The average Bonchev–Trinajstić information content (AvgIpc) is 2.76. The van der Waals surface area contributed by atoms with Crippen molar-refractivity contribution in [3.63, 3.8) is 0 Å². The third kappa shape index (κ3) is 1.60. The van der Waals surface area contributed by atoms with Gasteiger partial charge in [0.05, 0.1) is 22.9 Å². The first-order valence-corrected chi connectivity index (χ1v) is 5.34. The van der Waals surface area contributed by atoms with E-state index >= 15 is 0 Å². The fraction of sp³-hybridized carbons (Fsp3) is 0. The lowest BCUT2D eigenvalue weighted by molar-refractivity contribution is 1.00. The summed E-state index contributed by atoms with van der Waals surface area (Å²) in [4.78, 5) is 12.2. The van der Waals surface area contributed by atoms with E-state index in [2.05, 4.69) is 15.0 Å². The molecule has 2 N–H and O–H groups in total. The Bertz CT molecular complexity index is 691. The lowest BCUT2D eigenvalue weighted by Crippen LogP contribution is -2.03. The second-order valence-electron chi connectivity index (χ2n) is 3.52. The Labute approximate surface area is 102 Å². The number of nitrogen functional groups attached to an aromatic ring is 1. The third-order valence-electron chi connectivity index (χ3n) is 2.45. The van der Waals surface area contributed by atoms with Gasteiger partial charge in [0.25, 0.3) is 0 Å². The topological polar surface area (TPSA) is 69.6 Å². The van der Waals surface area contributed by atoms with Crippen molar-refractivity contribution in [1.82, 2.24) is 19.5 Å². The van der Waals surface area contributed by atoms with Crippen LogP contribution >= 0.6 is 11.6 Å². The Morgan fingerprint density at radius 1 is 1.18 bits per heavy atom. The van der Waals surface area contributed by atoms with Gasteiger partial charge in [-0.15, -0.1) is 0 Å². The van der Waals surface area contributed by atoms with Gasteiger partial charge in [-0.3, -0.25) is 4.57 Å². The molecule has 84 valence electrons. The van der Waals surface area contributed by atoms with Crippen molar-refractivity contribution in [3.8, 4) is 5.82 Å². The normalized spacial score (nSPS) is 10.9. The summed E-state index contributed by atoms with van der Waals surface area (Å²) >= 11 is 5.77. The molecule has 0 saturated carbocycles. The molecule has 2 heterocycles. The largest absolute Gasteiger partial charge is 0.394 e. The predicted octanol–water partition coefficient (Wildman–Crippen LogP) is 2.05. The highest BCUT2D eigenvalue weighted by atomic mass is 35.5. The van der Waals surface area contributed by atoms with E-state index in [1.165, 1.54) is 6.20 Å². The molecule has 0 atom stereocenters. The van der Waals surface area contributed by atoms with Crippen LogP contribution in [0.2, 0.25) is 5.28 Å². The first kappa shape index (κ1) is 10.0. The van der Waals surface area contributed by atoms with Crippen LogP contribution < -0.4 is 5.73 Å². The second kappa shape index (κ2) is 3.71. The second-order valence-corrected chi connectivity index (χ2v) is 3.86. The van der Waals surface area contributed by atoms with Gasteiger partial charge in [-0.05, 0) is 23.7 Å². The van der Waals surface area contributed by atoms with Gasteiger partial charge in [-0.1, -0.05) is 12.1 Å². The van der Waals surface area contributed by atoms with Crippen molar-refractivity contribution in [2.75, 3.05) is 5.73 Å². The first-order valence-electron chi connectivity index (χ1n) is 4.96. The van der Waals surface area contributed by atoms with Gasteiger partial charge in [0, 0.05) is 0 Å². The fourth-order valence-corrected chi connectivity index (χ4v) is 1.81. The van der Waals surface area contributed by atoms with Gasteiger partial charge < -0.3 is 5.73 Å². The van der Waals surface area contributed by atoms with Crippen LogP contribution in [0.1, 0.15) is 0 Å². The zero-order valence-corrected chi connectivity index (χ0v) is 9.46. The van der Waals surface area contributed by atoms with Crippen LogP contribution in [0.4, 0.5) is 5.69 Å². The zero-order chi connectivity index (χ0) is 11.8. The number of para-hydroxylation sites is 2. The highest BCUT2D eigenvalue weighted by Crippen LogP contribution is 2.21. The standard InChI is InChI=1S/C11H8ClN5/c12-11-14-5-7(13)10(16-11)17-6-15-8-3-1-2-4-9(8)17/h1-6H,13H2. The summed E-state index contributed by atoms with van der Waals surface area (Å²) in [6.07, 6.45) is 3.15. The molecule has 0 amide bonds. The summed E-state index contributed by atoms with van der Waals surface area (Å²) < 4.78 is 1.79. The minimum atomic E-state index is 0.159. The quantitative estimate of drug-likeness (QED) is 0.666. The van der Waals surface area contributed by atoms with Crippen LogP contribution in [-0.4, -0.2) is 19.5 Å². The maximum Gasteiger partial charge on any atom is 0.224 e. The van der Waals surface area contributed by atoms with E-state index < -0.39 is 0 Å². The third-order valence-corrected chi connectivity index (χ3v) is 2.63. The summed E-state index contributed by atoms with van der Waals surface area (Å²) in [6, 6.07) is 7.72. The van der Waals surface area contributed by atoms with Crippen molar-refractivity contribution in [3.05, 3.63) is 42.1 Å². The number of anilines is 1. The SMILES string of the molecule is Nc1cnc(Cl)nc1-n1cnc2ccccc21. The summed E-state index contributed by atoms with van der Waals surface area (Å²) in [7, 11) is 0. The number of aromatic nitrogens is 4. The monoisotopic (exact) mass is 245 g/mol. The first-order chi connectivity index (χ1) is 8.25. The van der Waals surface area contributed by atoms with Crippen molar-refractivity contribution >= 4 is 28.3 Å². The Balaban J connectivity index is 2.31. The molecule has 0 radical (unpaired) electrons. The van der Waals surface area contributed by atoms with Crippen LogP contribution in [0.5, 0.6) is 0 Å². The van der Waals surface area contributed by atoms with E-state index in [-0.39, 0.29) is 5.28 Å². The Morgan fingerprint density at radius 2 is 2.00 bits per heavy atom. The molecule has 0 bridgehead atoms. The zero-order valence-electron chi connectivity index (χ0n) is 8.71. The van der Waals surface area contributed by atoms with Gasteiger partial charge in [0.15, 0.2) is 5.82 Å². The maximum atomic E-state index is 5.84. The Morgan fingerprint density at radius 3 is 2.88 bits per heavy atom. The van der Waals surface area contributed by atoms with Crippen LogP contribution in [-0.2, 0) is 0 Å². The number of benzene rings is 1. The van der Waals surface area contributed by atoms with Crippen molar-refractivity contribution in [1.29, 1.82) is 0 Å². The molecule has 0 aliphatic carbocycles. The smallest absolute Gasteiger partial charge is 0.224 e. The molecule has 0 aliphatic heterocycles. The van der Waals surface area contributed by atoms with Gasteiger partial charge in [-0.25, -0.2) is 9.97 Å². The Hall–Kier alpha value is -2.14. The number of hydrogen-bond donors (Lipinski definition) is 1. The number of nitrogens with two attached hydrogens (primary N) is 1. The van der Waals surface area contributed by atoms with E-state index in [9.17, 15) is 0 Å². The van der Waals surface area contributed by atoms with E-state index in [1.54, 1.807) is 10.9 Å². The van der Waals surface area contributed by atoms with E-state index in [4.69, 9.17) is 17.3 Å². The highest BCUT2D eigenvalue weighted by molar-refractivity contribution is 6.28. The molecule has 2 aromatic heterocycles. The van der Waals surface area contributed by atoms with Crippen LogP contribution in [0, 0.1) is 0 Å². The number of halogens is 1.